The Balaban J connectivity index is 2.06. The van der Waals surface area contributed by atoms with E-state index < -0.39 is 0 Å². The Hall–Kier alpha value is -2.34. The maximum atomic E-state index is 2.34. The van der Waals surface area contributed by atoms with Gasteiger partial charge in [0.05, 0.1) is 0 Å². The lowest BCUT2D eigenvalue weighted by Crippen LogP contribution is -1.90. The molecule has 0 unspecified atom stereocenters. The van der Waals surface area contributed by atoms with Gasteiger partial charge in [-0.05, 0) is 59.2 Å². The zero-order valence-corrected chi connectivity index (χ0v) is 14.3. The molecule has 3 aromatic carbocycles. The first-order chi connectivity index (χ1) is 11.2. The van der Waals surface area contributed by atoms with E-state index in [0.717, 1.165) is 12.8 Å². The van der Waals surface area contributed by atoms with E-state index in [0.29, 0.717) is 0 Å². The second-order valence-electron chi connectivity index (χ2n) is 6.14. The Morgan fingerprint density at radius 3 is 1.83 bits per heavy atom. The first-order valence-electron chi connectivity index (χ1n) is 8.50. The molecule has 0 spiro atoms. The summed E-state index contributed by atoms with van der Waals surface area (Å²) in [5, 5.41) is 0. The highest BCUT2D eigenvalue weighted by Gasteiger charge is 2.07. The van der Waals surface area contributed by atoms with Gasteiger partial charge in [0.15, 0.2) is 0 Å². The van der Waals surface area contributed by atoms with Gasteiger partial charge in [-0.1, -0.05) is 80.1 Å². The van der Waals surface area contributed by atoms with Crippen LogP contribution in [0.4, 0.5) is 0 Å². The molecule has 0 heteroatoms. The fourth-order valence-corrected chi connectivity index (χ4v) is 3.00. The zero-order valence-electron chi connectivity index (χ0n) is 14.3. The summed E-state index contributed by atoms with van der Waals surface area (Å²) in [4.78, 5) is 0. The summed E-state index contributed by atoms with van der Waals surface area (Å²) in [5.74, 6) is 0. The predicted octanol–water partition coefficient (Wildman–Crippen LogP) is 6.45. The summed E-state index contributed by atoms with van der Waals surface area (Å²) in [6.45, 7) is 6.56. The molecule has 0 amide bonds. The highest BCUT2D eigenvalue weighted by molar-refractivity contribution is 5.75. The van der Waals surface area contributed by atoms with Crippen LogP contribution in [0.2, 0.25) is 0 Å². The van der Waals surface area contributed by atoms with E-state index >= 15 is 0 Å². The van der Waals surface area contributed by atoms with Gasteiger partial charge in [0.1, 0.15) is 0 Å². The van der Waals surface area contributed by atoms with Crippen LogP contribution in [0.3, 0.4) is 0 Å². The molecule has 0 atom stereocenters. The Labute approximate surface area is 139 Å². The Morgan fingerprint density at radius 1 is 0.609 bits per heavy atom. The van der Waals surface area contributed by atoms with Gasteiger partial charge in [-0.2, -0.15) is 0 Å². The molecule has 0 radical (unpaired) electrons. The maximum Gasteiger partial charge on any atom is -0.0146 e. The minimum absolute atomic E-state index is 1.05. The van der Waals surface area contributed by atoms with Crippen LogP contribution in [0.15, 0.2) is 66.7 Å². The van der Waals surface area contributed by atoms with Gasteiger partial charge >= 0.3 is 0 Å². The summed E-state index contributed by atoms with van der Waals surface area (Å²) in [5.41, 5.74) is 9.33. The molecule has 0 aromatic heterocycles. The van der Waals surface area contributed by atoms with Gasteiger partial charge in [-0.25, -0.2) is 0 Å². The summed E-state index contributed by atoms with van der Waals surface area (Å²) < 4.78 is 0. The Morgan fingerprint density at radius 2 is 1.22 bits per heavy atom. The van der Waals surface area contributed by atoms with Crippen molar-refractivity contribution in [3.63, 3.8) is 0 Å². The van der Waals surface area contributed by atoms with E-state index in [2.05, 4.69) is 87.5 Å². The largest absolute Gasteiger partial charge is 0.0613 e. The van der Waals surface area contributed by atoms with Crippen molar-refractivity contribution in [2.75, 3.05) is 0 Å². The topological polar surface area (TPSA) is 0 Å². The van der Waals surface area contributed by atoms with Crippen molar-refractivity contribution in [1.82, 2.24) is 0 Å². The van der Waals surface area contributed by atoms with Gasteiger partial charge in [-0.3, -0.25) is 0 Å². The first kappa shape index (κ1) is 15.6. The predicted molar refractivity (Wildman–Crippen MR) is 101 cm³/mol. The Bertz CT molecular complexity index is 777. The van der Waals surface area contributed by atoms with Gasteiger partial charge in [0.2, 0.25) is 0 Å². The SMILES string of the molecule is CCc1ccc(-c2ccc(CC)c(-c3ccc(C)cc3)c2)cc1. The summed E-state index contributed by atoms with van der Waals surface area (Å²) in [7, 11) is 0. The first-order valence-corrected chi connectivity index (χ1v) is 8.50. The fraction of sp³-hybridized carbons (Fsp3) is 0.217. The van der Waals surface area contributed by atoms with E-state index in [1.54, 1.807) is 0 Å². The standard InChI is InChI=1S/C23H24/c1-4-18-8-12-20(13-9-18)22-15-14-19(5-2)23(16-22)21-10-6-17(3)7-11-21/h6-16H,4-5H2,1-3H3. The number of hydrogen-bond acceptors (Lipinski definition) is 0. The van der Waals surface area contributed by atoms with Crippen molar-refractivity contribution in [3.8, 4) is 22.3 Å². The van der Waals surface area contributed by atoms with Crippen LogP contribution in [0, 0.1) is 6.92 Å². The lowest BCUT2D eigenvalue weighted by molar-refractivity contribution is 1.14. The second-order valence-corrected chi connectivity index (χ2v) is 6.14. The fourth-order valence-electron chi connectivity index (χ4n) is 3.00. The molecule has 0 fully saturated rings. The molecule has 3 rings (SSSR count). The molecule has 0 aliphatic rings. The molecule has 0 nitrogen and oxygen atoms in total. The normalized spacial score (nSPS) is 10.7. The molecule has 0 bridgehead atoms. The molecular formula is C23H24. The van der Waals surface area contributed by atoms with Crippen LogP contribution in [-0.4, -0.2) is 0 Å². The average Bonchev–Trinajstić information content (AvgIpc) is 2.62. The van der Waals surface area contributed by atoms with E-state index in [9.17, 15) is 0 Å². The second kappa shape index (κ2) is 6.83. The van der Waals surface area contributed by atoms with E-state index in [-0.39, 0.29) is 0 Å². The number of hydrogen-bond donors (Lipinski definition) is 0. The van der Waals surface area contributed by atoms with Crippen molar-refractivity contribution in [2.24, 2.45) is 0 Å². The summed E-state index contributed by atoms with van der Waals surface area (Å²) >= 11 is 0. The summed E-state index contributed by atoms with van der Waals surface area (Å²) in [6.07, 6.45) is 2.14. The van der Waals surface area contributed by atoms with Crippen LogP contribution >= 0.6 is 0 Å². The molecule has 0 saturated carbocycles. The minimum Gasteiger partial charge on any atom is -0.0613 e. The molecular weight excluding hydrogens is 276 g/mol. The molecule has 3 aromatic rings. The van der Waals surface area contributed by atoms with Crippen molar-refractivity contribution >= 4 is 0 Å². The number of rotatable bonds is 4. The molecule has 23 heavy (non-hydrogen) atoms. The van der Waals surface area contributed by atoms with Crippen LogP contribution in [0.25, 0.3) is 22.3 Å². The molecule has 0 N–H and O–H groups in total. The van der Waals surface area contributed by atoms with Crippen molar-refractivity contribution in [2.45, 2.75) is 33.6 Å². The van der Waals surface area contributed by atoms with Crippen molar-refractivity contribution < 1.29 is 0 Å². The third-order valence-corrected chi connectivity index (χ3v) is 4.55. The average molecular weight is 300 g/mol. The van der Waals surface area contributed by atoms with Gasteiger partial charge in [-0.15, -0.1) is 0 Å². The van der Waals surface area contributed by atoms with Crippen LogP contribution < -0.4 is 0 Å². The van der Waals surface area contributed by atoms with Crippen molar-refractivity contribution in [1.29, 1.82) is 0 Å². The van der Waals surface area contributed by atoms with Crippen LogP contribution in [0.5, 0.6) is 0 Å². The maximum absolute atomic E-state index is 2.34. The van der Waals surface area contributed by atoms with Gasteiger partial charge in [0, 0.05) is 0 Å². The third-order valence-electron chi connectivity index (χ3n) is 4.55. The number of aryl methyl sites for hydroxylation is 3. The highest BCUT2D eigenvalue weighted by Crippen LogP contribution is 2.30. The lowest BCUT2D eigenvalue weighted by atomic mass is 9.93. The van der Waals surface area contributed by atoms with E-state index in [4.69, 9.17) is 0 Å². The third kappa shape index (κ3) is 3.37. The smallest absolute Gasteiger partial charge is 0.0146 e. The molecule has 0 heterocycles. The summed E-state index contributed by atoms with van der Waals surface area (Å²) in [6, 6.07) is 24.6. The Kier molecular flexibility index (Phi) is 4.62. The van der Waals surface area contributed by atoms with Gasteiger partial charge < -0.3 is 0 Å². The molecule has 0 saturated heterocycles. The number of benzene rings is 3. The monoisotopic (exact) mass is 300 g/mol. The van der Waals surface area contributed by atoms with Crippen LogP contribution in [0.1, 0.15) is 30.5 Å². The van der Waals surface area contributed by atoms with E-state index in [1.165, 1.54) is 38.9 Å². The molecule has 0 aliphatic heterocycles. The minimum atomic E-state index is 1.05. The van der Waals surface area contributed by atoms with E-state index in [1.807, 2.05) is 0 Å². The van der Waals surface area contributed by atoms with Crippen molar-refractivity contribution in [3.05, 3.63) is 83.4 Å². The zero-order chi connectivity index (χ0) is 16.2. The highest BCUT2D eigenvalue weighted by atomic mass is 14.1. The molecule has 116 valence electrons. The lowest BCUT2D eigenvalue weighted by Gasteiger charge is -2.12. The van der Waals surface area contributed by atoms with Gasteiger partial charge in [0.25, 0.3) is 0 Å². The van der Waals surface area contributed by atoms with Crippen LogP contribution in [-0.2, 0) is 12.8 Å². The molecule has 0 aliphatic carbocycles. The quantitative estimate of drug-likeness (QED) is 0.519.